The van der Waals surface area contributed by atoms with Crippen LogP contribution in [0.1, 0.15) is 27.0 Å². The summed E-state index contributed by atoms with van der Waals surface area (Å²) in [4.78, 5) is 12.2. The molecule has 0 saturated heterocycles. The summed E-state index contributed by atoms with van der Waals surface area (Å²) in [5.41, 5.74) is 3.39. The molecular formula is C16H14BrFO. The van der Waals surface area contributed by atoms with E-state index in [9.17, 15) is 9.18 Å². The maximum absolute atomic E-state index is 13.0. The van der Waals surface area contributed by atoms with Gasteiger partial charge in [-0.1, -0.05) is 28.1 Å². The molecule has 0 saturated carbocycles. The first-order valence-electron chi connectivity index (χ1n) is 6.02. The third kappa shape index (κ3) is 3.29. The van der Waals surface area contributed by atoms with Gasteiger partial charge in [0.25, 0.3) is 0 Å². The third-order valence-corrected chi connectivity index (χ3v) is 4.03. The molecule has 0 atom stereocenters. The highest BCUT2D eigenvalue weighted by molar-refractivity contribution is 9.10. The van der Waals surface area contributed by atoms with E-state index in [1.807, 2.05) is 26.0 Å². The molecule has 0 N–H and O–H groups in total. The molecule has 0 aliphatic heterocycles. The molecule has 0 bridgehead atoms. The lowest BCUT2D eigenvalue weighted by Crippen LogP contribution is -2.05. The lowest BCUT2D eigenvalue weighted by atomic mass is 9.98. The second-order valence-electron chi connectivity index (χ2n) is 4.63. The number of halogens is 2. The maximum Gasteiger partial charge on any atom is 0.167 e. The van der Waals surface area contributed by atoms with E-state index in [4.69, 9.17) is 0 Å². The average molecular weight is 321 g/mol. The number of rotatable bonds is 3. The number of Topliss-reactive ketones (excluding diaryl/α,β-unsaturated/α-hetero) is 1. The Morgan fingerprint density at radius 3 is 2.47 bits per heavy atom. The molecule has 2 rings (SSSR count). The lowest BCUT2D eigenvalue weighted by Gasteiger charge is -2.07. The van der Waals surface area contributed by atoms with Gasteiger partial charge in [0.1, 0.15) is 5.82 Å². The topological polar surface area (TPSA) is 17.1 Å². The Labute approximate surface area is 120 Å². The molecule has 2 aromatic carbocycles. The van der Waals surface area contributed by atoms with E-state index in [1.165, 1.54) is 12.1 Å². The van der Waals surface area contributed by atoms with Crippen molar-refractivity contribution >= 4 is 21.7 Å². The minimum atomic E-state index is -0.270. The Hall–Kier alpha value is -1.48. The number of hydrogen-bond acceptors (Lipinski definition) is 1. The summed E-state index contributed by atoms with van der Waals surface area (Å²) in [6.45, 7) is 3.77. The van der Waals surface area contributed by atoms with Crippen LogP contribution in [-0.2, 0) is 6.42 Å². The number of ketones is 1. The molecule has 0 aliphatic rings. The van der Waals surface area contributed by atoms with Crippen molar-refractivity contribution in [3.63, 3.8) is 0 Å². The van der Waals surface area contributed by atoms with Crippen LogP contribution in [0.5, 0.6) is 0 Å². The summed E-state index contributed by atoms with van der Waals surface area (Å²) in [5, 5.41) is 0. The summed E-state index contributed by atoms with van der Waals surface area (Å²) in [7, 11) is 0. The van der Waals surface area contributed by atoms with Crippen molar-refractivity contribution in [3.05, 3.63) is 68.9 Å². The Kier molecular flexibility index (Phi) is 4.15. The predicted octanol–water partition coefficient (Wildman–Crippen LogP) is 4.63. The van der Waals surface area contributed by atoms with E-state index >= 15 is 0 Å². The van der Waals surface area contributed by atoms with Gasteiger partial charge < -0.3 is 0 Å². The van der Waals surface area contributed by atoms with E-state index in [1.54, 1.807) is 12.1 Å². The zero-order valence-corrected chi connectivity index (χ0v) is 12.4. The van der Waals surface area contributed by atoms with Crippen molar-refractivity contribution in [2.75, 3.05) is 0 Å². The molecule has 2 aromatic rings. The molecule has 0 fully saturated rings. The van der Waals surface area contributed by atoms with Crippen LogP contribution in [0.4, 0.5) is 4.39 Å². The second kappa shape index (κ2) is 5.66. The fourth-order valence-electron chi connectivity index (χ4n) is 1.95. The molecule has 0 aromatic heterocycles. The van der Waals surface area contributed by atoms with Crippen molar-refractivity contribution in [2.45, 2.75) is 20.3 Å². The van der Waals surface area contributed by atoms with Crippen LogP contribution in [0.25, 0.3) is 0 Å². The minimum absolute atomic E-state index is 0.0466. The van der Waals surface area contributed by atoms with E-state index in [0.29, 0.717) is 12.0 Å². The van der Waals surface area contributed by atoms with Gasteiger partial charge in [0.15, 0.2) is 5.78 Å². The van der Waals surface area contributed by atoms with Gasteiger partial charge in [0.05, 0.1) is 0 Å². The van der Waals surface area contributed by atoms with Gasteiger partial charge in [0, 0.05) is 16.5 Å². The van der Waals surface area contributed by atoms with Crippen LogP contribution in [0.3, 0.4) is 0 Å². The van der Waals surface area contributed by atoms with Gasteiger partial charge >= 0.3 is 0 Å². The molecule has 0 radical (unpaired) electrons. The maximum atomic E-state index is 13.0. The smallest absolute Gasteiger partial charge is 0.167 e. The number of carbonyl (C=O) groups excluding carboxylic acids is 1. The van der Waals surface area contributed by atoms with Gasteiger partial charge in [-0.25, -0.2) is 4.39 Å². The Bertz CT molecular complexity index is 635. The van der Waals surface area contributed by atoms with Crippen LogP contribution in [0.15, 0.2) is 40.9 Å². The Morgan fingerprint density at radius 2 is 1.84 bits per heavy atom. The van der Waals surface area contributed by atoms with E-state index in [2.05, 4.69) is 15.9 Å². The average Bonchev–Trinajstić information content (AvgIpc) is 2.36. The van der Waals surface area contributed by atoms with E-state index < -0.39 is 0 Å². The van der Waals surface area contributed by atoms with Crippen LogP contribution in [-0.4, -0.2) is 5.78 Å². The van der Waals surface area contributed by atoms with Crippen LogP contribution in [0.2, 0.25) is 0 Å². The van der Waals surface area contributed by atoms with Gasteiger partial charge in [-0.3, -0.25) is 4.79 Å². The molecule has 3 heteroatoms. The van der Waals surface area contributed by atoms with Gasteiger partial charge in [0.2, 0.25) is 0 Å². The van der Waals surface area contributed by atoms with Crippen LogP contribution < -0.4 is 0 Å². The summed E-state index contributed by atoms with van der Waals surface area (Å²) in [6.07, 6.45) is 0.299. The first kappa shape index (κ1) is 13.9. The standard InChI is InChI=1S/C16H14BrFO/c1-10-8-14(18)5-3-12(10)9-16(19)13-4-6-15(17)11(2)7-13/h3-8H,9H2,1-2H3. The summed E-state index contributed by atoms with van der Waals surface area (Å²) < 4.78 is 14.0. The number of carbonyl (C=O) groups is 1. The fourth-order valence-corrected chi connectivity index (χ4v) is 2.20. The molecule has 0 amide bonds. The number of aryl methyl sites for hydroxylation is 2. The fraction of sp³-hybridized carbons (Fsp3) is 0.188. The van der Waals surface area contributed by atoms with Gasteiger partial charge in [-0.15, -0.1) is 0 Å². The minimum Gasteiger partial charge on any atom is -0.294 e. The van der Waals surface area contributed by atoms with Crippen molar-refractivity contribution < 1.29 is 9.18 Å². The quantitative estimate of drug-likeness (QED) is 0.753. The first-order valence-corrected chi connectivity index (χ1v) is 6.81. The van der Waals surface area contributed by atoms with Crippen molar-refractivity contribution in [1.82, 2.24) is 0 Å². The summed E-state index contributed by atoms with van der Waals surface area (Å²) in [5.74, 6) is -0.224. The normalized spacial score (nSPS) is 10.5. The summed E-state index contributed by atoms with van der Waals surface area (Å²) >= 11 is 3.41. The third-order valence-electron chi connectivity index (χ3n) is 3.14. The second-order valence-corrected chi connectivity index (χ2v) is 5.49. The lowest BCUT2D eigenvalue weighted by molar-refractivity contribution is 0.0992. The van der Waals surface area contributed by atoms with Crippen molar-refractivity contribution in [2.24, 2.45) is 0 Å². The summed E-state index contributed by atoms with van der Waals surface area (Å²) in [6, 6.07) is 10.1. The Morgan fingerprint density at radius 1 is 1.11 bits per heavy atom. The number of hydrogen-bond donors (Lipinski definition) is 0. The zero-order valence-electron chi connectivity index (χ0n) is 10.8. The predicted molar refractivity (Wildman–Crippen MR) is 78.1 cm³/mol. The molecular weight excluding hydrogens is 307 g/mol. The molecule has 0 spiro atoms. The van der Waals surface area contributed by atoms with Gasteiger partial charge in [-0.2, -0.15) is 0 Å². The van der Waals surface area contributed by atoms with E-state index in [0.717, 1.165) is 21.2 Å². The van der Waals surface area contributed by atoms with Crippen molar-refractivity contribution in [3.8, 4) is 0 Å². The Balaban J connectivity index is 2.23. The molecule has 19 heavy (non-hydrogen) atoms. The van der Waals surface area contributed by atoms with Crippen molar-refractivity contribution in [1.29, 1.82) is 0 Å². The number of benzene rings is 2. The highest BCUT2D eigenvalue weighted by atomic mass is 79.9. The van der Waals surface area contributed by atoms with Gasteiger partial charge in [-0.05, 0) is 54.8 Å². The first-order chi connectivity index (χ1) is 8.97. The van der Waals surface area contributed by atoms with Crippen LogP contribution >= 0.6 is 15.9 Å². The molecule has 1 nitrogen and oxygen atoms in total. The molecule has 0 unspecified atom stereocenters. The molecule has 98 valence electrons. The zero-order chi connectivity index (χ0) is 14.0. The monoisotopic (exact) mass is 320 g/mol. The SMILES string of the molecule is Cc1cc(C(=O)Cc2ccc(F)cc2C)ccc1Br. The molecule has 0 heterocycles. The highest BCUT2D eigenvalue weighted by Gasteiger charge is 2.10. The largest absolute Gasteiger partial charge is 0.294 e. The van der Waals surface area contributed by atoms with Crippen LogP contribution in [0, 0.1) is 19.7 Å². The highest BCUT2D eigenvalue weighted by Crippen LogP contribution is 2.19. The molecule has 0 aliphatic carbocycles. The van der Waals surface area contributed by atoms with E-state index in [-0.39, 0.29) is 11.6 Å².